The van der Waals surface area contributed by atoms with Crippen molar-refractivity contribution in [2.75, 3.05) is 45.5 Å². The molecule has 0 spiro atoms. The first kappa shape index (κ1) is 23.3. The maximum Gasteiger partial charge on any atom is 0.298 e. The monoisotopic (exact) mass is 429 g/mol. The average Bonchev–Trinajstić information content (AvgIpc) is 3.16. The number of aryl methyl sites for hydroxylation is 1. The molecule has 0 fully saturated rings. The number of ether oxygens (including phenoxy) is 3. The molecule has 0 aliphatic carbocycles. The number of carbonyl (C=O) groups is 1. The molecular formula is C19H25F2N3O4S. The van der Waals surface area contributed by atoms with Crippen molar-refractivity contribution in [2.45, 2.75) is 25.7 Å². The molecule has 1 aromatic carbocycles. The molecule has 0 saturated heterocycles. The first-order valence-corrected chi connectivity index (χ1v) is 9.98. The quantitative estimate of drug-likeness (QED) is 0.491. The third-order valence-electron chi connectivity index (χ3n) is 3.80. The van der Waals surface area contributed by atoms with E-state index in [-0.39, 0.29) is 5.13 Å². The Morgan fingerprint density at radius 2 is 1.72 bits per heavy atom. The third kappa shape index (κ3) is 8.48. The largest absolute Gasteiger partial charge is 0.382 e. The Balaban J connectivity index is 1.68. The lowest BCUT2D eigenvalue weighted by Gasteiger charge is -2.06. The van der Waals surface area contributed by atoms with Gasteiger partial charge < -0.3 is 14.2 Å². The summed E-state index contributed by atoms with van der Waals surface area (Å²) in [5, 5.41) is 9.07. The van der Waals surface area contributed by atoms with Gasteiger partial charge in [-0.3, -0.25) is 10.1 Å². The number of hydrogen-bond donors (Lipinski definition) is 1. The van der Waals surface area contributed by atoms with Crippen molar-refractivity contribution in [2.24, 2.45) is 0 Å². The normalized spacial score (nSPS) is 11.6. The van der Waals surface area contributed by atoms with Crippen LogP contribution in [0.25, 0.3) is 0 Å². The predicted molar refractivity (Wildman–Crippen MR) is 106 cm³/mol. The Hall–Kier alpha value is -2.01. The highest BCUT2D eigenvalue weighted by Crippen LogP contribution is 2.31. The van der Waals surface area contributed by atoms with Crippen molar-refractivity contribution in [1.82, 2.24) is 10.2 Å². The van der Waals surface area contributed by atoms with Crippen LogP contribution in [0.3, 0.4) is 0 Å². The molecule has 0 aliphatic heterocycles. The van der Waals surface area contributed by atoms with Crippen molar-refractivity contribution in [1.29, 1.82) is 0 Å². The summed E-state index contributed by atoms with van der Waals surface area (Å²) in [6, 6.07) is 7.08. The van der Waals surface area contributed by atoms with Crippen molar-refractivity contribution >= 4 is 22.4 Å². The van der Waals surface area contributed by atoms with Crippen LogP contribution in [0.5, 0.6) is 0 Å². The molecule has 1 heterocycles. The summed E-state index contributed by atoms with van der Waals surface area (Å²) in [7, 11) is 1.63. The number of aromatic nitrogens is 2. The summed E-state index contributed by atoms with van der Waals surface area (Å²) in [6.07, 6.45) is 1.67. The molecule has 0 aliphatic rings. The summed E-state index contributed by atoms with van der Waals surface area (Å²) in [6.45, 7) is 3.58. The Morgan fingerprint density at radius 3 is 2.34 bits per heavy atom. The van der Waals surface area contributed by atoms with Gasteiger partial charge in [0.25, 0.3) is 11.8 Å². The number of carbonyl (C=O) groups excluding carboxylic acids is 1. The molecule has 29 heavy (non-hydrogen) atoms. The Labute approximate surface area is 172 Å². The fraction of sp³-hybridized carbons (Fsp3) is 0.526. The van der Waals surface area contributed by atoms with Crippen LogP contribution < -0.4 is 5.32 Å². The summed E-state index contributed by atoms with van der Waals surface area (Å²) in [5.74, 6) is -3.50. The van der Waals surface area contributed by atoms with E-state index in [1.807, 2.05) is 12.1 Å². The number of benzene rings is 1. The molecule has 0 atom stereocenters. The first-order valence-electron chi connectivity index (χ1n) is 9.16. The lowest BCUT2D eigenvalue weighted by molar-refractivity contribution is 0.0165. The van der Waals surface area contributed by atoms with Crippen molar-refractivity contribution in [3.63, 3.8) is 0 Å². The minimum absolute atomic E-state index is 0.0407. The van der Waals surface area contributed by atoms with Gasteiger partial charge in [0.15, 0.2) is 5.01 Å². The molecular weight excluding hydrogens is 404 g/mol. The summed E-state index contributed by atoms with van der Waals surface area (Å²) < 4.78 is 42.0. The molecule has 1 N–H and O–H groups in total. The highest BCUT2D eigenvalue weighted by Gasteiger charge is 2.29. The molecule has 0 bridgehead atoms. The zero-order valence-corrected chi connectivity index (χ0v) is 17.3. The number of nitrogens with one attached hydrogen (secondary N) is 1. The zero-order valence-electron chi connectivity index (χ0n) is 16.5. The zero-order chi connectivity index (χ0) is 21.1. The molecule has 1 aromatic heterocycles. The van der Waals surface area contributed by atoms with Gasteiger partial charge in [0, 0.05) is 26.2 Å². The number of rotatable bonds is 13. The van der Waals surface area contributed by atoms with Crippen LogP contribution in [-0.2, 0) is 26.6 Å². The van der Waals surface area contributed by atoms with Gasteiger partial charge in [0.05, 0.1) is 26.4 Å². The number of nitrogens with zero attached hydrogens (tertiary/aromatic N) is 2. The highest BCUT2D eigenvalue weighted by molar-refractivity contribution is 7.15. The second-order valence-electron chi connectivity index (χ2n) is 6.27. The smallest absolute Gasteiger partial charge is 0.298 e. The Morgan fingerprint density at radius 1 is 1.07 bits per heavy atom. The standard InChI is InChI=1S/C19H25F2N3O4S/c1-19(20,21)17-23-24-18(29-17)22-16(25)15-7-5-14(6-8-15)4-3-9-27-12-13-28-11-10-26-2/h5-8H,3-4,9-13H2,1-2H3,(H,22,24,25). The number of anilines is 1. The van der Waals surface area contributed by atoms with Crippen LogP contribution in [0, 0.1) is 0 Å². The lowest BCUT2D eigenvalue weighted by atomic mass is 10.1. The van der Waals surface area contributed by atoms with Crippen LogP contribution in [0.15, 0.2) is 24.3 Å². The molecule has 0 saturated carbocycles. The second kappa shape index (κ2) is 11.9. The average molecular weight is 429 g/mol. The number of alkyl halides is 2. The molecule has 7 nitrogen and oxygen atoms in total. The van der Waals surface area contributed by atoms with Crippen LogP contribution in [0.4, 0.5) is 13.9 Å². The van der Waals surface area contributed by atoms with Gasteiger partial charge in [0.2, 0.25) is 5.13 Å². The molecule has 160 valence electrons. The fourth-order valence-corrected chi connectivity index (χ4v) is 2.96. The highest BCUT2D eigenvalue weighted by atomic mass is 32.1. The van der Waals surface area contributed by atoms with E-state index in [2.05, 4.69) is 15.5 Å². The van der Waals surface area contributed by atoms with E-state index in [0.717, 1.165) is 25.3 Å². The van der Waals surface area contributed by atoms with Crippen LogP contribution in [0.2, 0.25) is 0 Å². The van der Waals surface area contributed by atoms with Crippen LogP contribution in [-0.4, -0.2) is 56.2 Å². The fourth-order valence-electron chi connectivity index (χ4n) is 2.29. The van der Waals surface area contributed by atoms with Crippen molar-refractivity contribution in [3.05, 3.63) is 40.4 Å². The van der Waals surface area contributed by atoms with Crippen LogP contribution >= 0.6 is 11.3 Å². The van der Waals surface area contributed by atoms with E-state index in [1.54, 1.807) is 19.2 Å². The molecule has 2 rings (SSSR count). The lowest BCUT2D eigenvalue weighted by Crippen LogP contribution is -2.11. The van der Waals surface area contributed by atoms with Gasteiger partial charge in [-0.25, -0.2) is 0 Å². The molecule has 2 aromatic rings. The van der Waals surface area contributed by atoms with Gasteiger partial charge in [-0.1, -0.05) is 23.5 Å². The third-order valence-corrected chi connectivity index (χ3v) is 4.81. The topological polar surface area (TPSA) is 82.6 Å². The number of amides is 1. The maximum atomic E-state index is 13.2. The molecule has 0 radical (unpaired) electrons. The first-order chi connectivity index (χ1) is 13.9. The van der Waals surface area contributed by atoms with Gasteiger partial charge in [-0.15, -0.1) is 10.2 Å². The number of halogens is 2. The van der Waals surface area contributed by atoms with E-state index < -0.39 is 16.8 Å². The van der Waals surface area contributed by atoms with Gasteiger partial charge in [-0.2, -0.15) is 8.78 Å². The second-order valence-corrected chi connectivity index (χ2v) is 7.25. The minimum Gasteiger partial charge on any atom is -0.382 e. The summed E-state index contributed by atoms with van der Waals surface area (Å²) in [4.78, 5) is 12.2. The van der Waals surface area contributed by atoms with Crippen LogP contribution in [0.1, 0.15) is 34.3 Å². The number of methoxy groups -OCH3 is 1. The van der Waals surface area contributed by atoms with E-state index >= 15 is 0 Å². The molecule has 1 amide bonds. The van der Waals surface area contributed by atoms with E-state index in [1.165, 1.54) is 0 Å². The maximum absolute atomic E-state index is 13.2. The Bertz CT molecular complexity index is 751. The minimum atomic E-state index is -3.08. The predicted octanol–water partition coefficient (Wildman–Crippen LogP) is 3.51. The van der Waals surface area contributed by atoms with E-state index in [4.69, 9.17) is 14.2 Å². The van der Waals surface area contributed by atoms with Gasteiger partial charge >= 0.3 is 0 Å². The van der Waals surface area contributed by atoms with Gasteiger partial charge in [0.1, 0.15) is 0 Å². The Kier molecular flexibility index (Phi) is 9.52. The molecule has 10 heteroatoms. The van der Waals surface area contributed by atoms with Crippen molar-refractivity contribution in [3.8, 4) is 0 Å². The van der Waals surface area contributed by atoms with E-state index in [0.29, 0.717) is 49.9 Å². The summed E-state index contributed by atoms with van der Waals surface area (Å²) in [5.41, 5.74) is 1.49. The SMILES string of the molecule is COCCOCCOCCCc1ccc(C(=O)Nc2nnc(C(C)(F)F)s2)cc1. The molecule has 0 unspecified atom stereocenters. The van der Waals surface area contributed by atoms with Crippen molar-refractivity contribution < 1.29 is 27.8 Å². The summed E-state index contributed by atoms with van der Waals surface area (Å²) >= 11 is 0.656. The van der Waals surface area contributed by atoms with E-state index in [9.17, 15) is 13.6 Å². The number of hydrogen-bond acceptors (Lipinski definition) is 7. The van der Waals surface area contributed by atoms with Gasteiger partial charge in [-0.05, 0) is 30.5 Å².